The molecule has 1 fully saturated rings. The van der Waals surface area contributed by atoms with Crippen molar-refractivity contribution in [1.29, 1.82) is 0 Å². The summed E-state index contributed by atoms with van der Waals surface area (Å²) in [6, 6.07) is 13.9. The smallest absolute Gasteiger partial charge is 0.256 e. The maximum Gasteiger partial charge on any atom is 0.256 e. The highest BCUT2D eigenvalue weighted by Gasteiger charge is 2.28. The van der Waals surface area contributed by atoms with E-state index in [-0.39, 0.29) is 24.1 Å². The third-order valence-corrected chi connectivity index (χ3v) is 6.65. The van der Waals surface area contributed by atoms with Gasteiger partial charge in [0.05, 0.1) is 12.0 Å². The zero-order valence-corrected chi connectivity index (χ0v) is 19.8. The van der Waals surface area contributed by atoms with E-state index in [9.17, 15) is 14.0 Å². The number of fused-ring (bicyclic) bond motifs is 1. The van der Waals surface area contributed by atoms with Crippen LogP contribution in [0.3, 0.4) is 0 Å². The predicted molar refractivity (Wildman–Crippen MR) is 136 cm³/mol. The lowest BCUT2D eigenvalue weighted by molar-refractivity contribution is -0.120. The van der Waals surface area contributed by atoms with Crippen molar-refractivity contribution in [2.24, 2.45) is 0 Å². The van der Waals surface area contributed by atoms with Gasteiger partial charge >= 0.3 is 0 Å². The van der Waals surface area contributed by atoms with Crippen molar-refractivity contribution in [1.82, 2.24) is 15.2 Å². The van der Waals surface area contributed by atoms with Gasteiger partial charge in [0.15, 0.2) is 0 Å². The zero-order valence-electron chi connectivity index (χ0n) is 19.8. The molecule has 0 aliphatic carbocycles. The summed E-state index contributed by atoms with van der Waals surface area (Å²) >= 11 is 0. The van der Waals surface area contributed by atoms with Crippen molar-refractivity contribution in [3.8, 4) is 11.1 Å². The molecule has 0 radical (unpaired) electrons. The highest BCUT2D eigenvalue weighted by atomic mass is 19.1. The van der Waals surface area contributed by atoms with Crippen LogP contribution in [0.25, 0.3) is 22.8 Å². The Hall–Kier alpha value is -3.71. The topological polar surface area (TPSA) is 77.2 Å². The minimum atomic E-state index is -0.346. The van der Waals surface area contributed by atoms with Crippen molar-refractivity contribution < 1.29 is 14.0 Å². The van der Waals surface area contributed by atoms with E-state index in [1.54, 1.807) is 30.3 Å². The van der Waals surface area contributed by atoms with Crippen LogP contribution in [0.1, 0.15) is 35.4 Å². The third kappa shape index (κ3) is 4.91. The number of aromatic nitrogens is 1. The van der Waals surface area contributed by atoms with Gasteiger partial charge in [-0.1, -0.05) is 30.3 Å². The van der Waals surface area contributed by atoms with E-state index >= 15 is 0 Å². The molecule has 3 aromatic rings. The summed E-state index contributed by atoms with van der Waals surface area (Å²) in [4.78, 5) is 31.2. The van der Waals surface area contributed by atoms with Crippen molar-refractivity contribution >= 4 is 29.2 Å². The number of amides is 2. The number of aryl methyl sites for hydroxylation is 1. The monoisotopic (exact) mass is 472 g/mol. The molecule has 0 bridgehead atoms. The fourth-order valence-electron chi connectivity index (χ4n) is 4.97. The van der Waals surface area contributed by atoms with Crippen LogP contribution in [0.15, 0.2) is 48.5 Å². The van der Waals surface area contributed by atoms with E-state index in [0.29, 0.717) is 40.2 Å². The quantitative estimate of drug-likeness (QED) is 0.447. The summed E-state index contributed by atoms with van der Waals surface area (Å²) < 4.78 is 14.6. The Morgan fingerprint density at radius 2 is 1.89 bits per heavy atom. The van der Waals surface area contributed by atoms with E-state index in [0.717, 1.165) is 30.9 Å². The molecule has 0 atom stereocenters. The van der Waals surface area contributed by atoms with Gasteiger partial charge in [-0.25, -0.2) is 4.39 Å². The van der Waals surface area contributed by atoms with Crippen LogP contribution in [0.2, 0.25) is 0 Å². The second-order valence-electron chi connectivity index (χ2n) is 9.19. The molecule has 2 aliphatic rings. The first kappa shape index (κ1) is 23.1. The molecule has 35 heavy (non-hydrogen) atoms. The first-order valence-corrected chi connectivity index (χ1v) is 12.1. The van der Waals surface area contributed by atoms with Crippen LogP contribution < -0.4 is 10.6 Å². The number of anilines is 1. The maximum absolute atomic E-state index is 14.6. The fraction of sp³-hybridized carbons (Fsp3) is 0.286. The largest absolute Gasteiger partial charge is 0.359 e. The number of halogens is 1. The van der Waals surface area contributed by atoms with Gasteiger partial charge in [0.1, 0.15) is 5.82 Å². The minimum Gasteiger partial charge on any atom is -0.359 e. The van der Waals surface area contributed by atoms with Crippen molar-refractivity contribution in [3.05, 3.63) is 76.9 Å². The van der Waals surface area contributed by atoms with E-state index < -0.39 is 0 Å². The molecule has 3 N–H and O–H groups in total. The number of carbonyl (C=O) groups is 2. The average Bonchev–Trinajstić information content (AvgIpc) is 3.54. The van der Waals surface area contributed by atoms with Crippen LogP contribution in [0.5, 0.6) is 0 Å². The SMILES string of the molecule is Cc1cc(CC(=O)NCCN2CCCC2)c(C=C2C(=O)Nc3cccc(-c4ccccc4F)c32)[nH]1. The summed E-state index contributed by atoms with van der Waals surface area (Å²) in [5.74, 6) is -0.648. The summed E-state index contributed by atoms with van der Waals surface area (Å²) in [5.41, 5.74) is 5.26. The molecule has 1 aromatic heterocycles. The number of carbonyl (C=O) groups excluding carboxylic acids is 2. The first-order chi connectivity index (χ1) is 17.0. The molecule has 7 heteroatoms. The van der Waals surface area contributed by atoms with Gasteiger partial charge in [-0.15, -0.1) is 0 Å². The number of nitrogens with zero attached hydrogens (tertiary/aromatic N) is 1. The molecule has 0 saturated carbocycles. The Balaban J connectivity index is 1.41. The van der Waals surface area contributed by atoms with Gasteiger partial charge < -0.3 is 20.5 Å². The lowest BCUT2D eigenvalue weighted by atomic mass is 9.93. The molecule has 2 aliphatic heterocycles. The van der Waals surface area contributed by atoms with E-state index in [4.69, 9.17) is 0 Å². The molecule has 0 spiro atoms. The summed E-state index contributed by atoms with van der Waals surface area (Å²) in [6.45, 7) is 5.61. The Labute approximate surface area is 204 Å². The van der Waals surface area contributed by atoms with Gasteiger partial charge in [-0.2, -0.15) is 0 Å². The number of rotatable bonds is 7. The van der Waals surface area contributed by atoms with Crippen molar-refractivity contribution in [2.45, 2.75) is 26.2 Å². The standard InChI is InChI=1S/C28H29FN4O2/c1-18-15-19(16-26(34)30-11-14-33-12-4-5-13-33)25(31-18)17-22-27-21(20-7-2-3-9-23(20)29)8-6-10-24(27)32-28(22)35/h2-3,6-10,15,17,31H,4-5,11-14,16H2,1H3,(H,30,34)(H,32,35). The number of hydrogen-bond acceptors (Lipinski definition) is 3. The van der Waals surface area contributed by atoms with Crippen LogP contribution in [0.4, 0.5) is 10.1 Å². The second-order valence-corrected chi connectivity index (χ2v) is 9.19. The summed E-state index contributed by atoms with van der Waals surface area (Å²) in [6.07, 6.45) is 4.44. The van der Waals surface area contributed by atoms with Gasteiger partial charge in [0.2, 0.25) is 5.91 Å². The molecule has 2 amide bonds. The van der Waals surface area contributed by atoms with Crippen LogP contribution in [-0.4, -0.2) is 47.9 Å². The maximum atomic E-state index is 14.6. The zero-order chi connectivity index (χ0) is 24.4. The highest BCUT2D eigenvalue weighted by Crippen LogP contribution is 2.41. The van der Waals surface area contributed by atoms with Crippen LogP contribution >= 0.6 is 0 Å². The Bertz CT molecular complexity index is 1300. The Kier molecular flexibility index (Phi) is 6.51. The highest BCUT2D eigenvalue weighted by molar-refractivity contribution is 6.36. The molecule has 5 rings (SSSR count). The summed E-state index contributed by atoms with van der Waals surface area (Å²) in [5, 5.41) is 5.90. The lowest BCUT2D eigenvalue weighted by Gasteiger charge is -2.14. The van der Waals surface area contributed by atoms with E-state index in [2.05, 4.69) is 20.5 Å². The van der Waals surface area contributed by atoms with Crippen LogP contribution in [0, 0.1) is 12.7 Å². The molecule has 3 heterocycles. The van der Waals surface area contributed by atoms with Gasteiger partial charge in [0.25, 0.3) is 5.91 Å². The number of H-pyrrole nitrogens is 1. The number of likely N-dealkylation sites (tertiary alicyclic amines) is 1. The fourth-order valence-corrected chi connectivity index (χ4v) is 4.97. The third-order valence-electron chi connectivity index (χ3n) is 6.65. The van der Waals surface area contributed by atoms with Crippen molar-refractivity contribution in [3.63, 3.8) is 0 Å². The molecule has 180 valence electrons. The number of nitrogens with one attached hydrogen (secondary N) is 3. The van der Waals surface area contributed by atoms with Gasteiger partial charge in [-0.05, 0) is 68.3 Å². The Morgan fingerprint density at radius 3 is 2.69 bits per heavy atom. The van der Waals surface area contributed by atoms with Gasteiger partial charge in [0, 0.05) is 41.3 Å². The number of aromatic amines is 1. The molecule has 2 aromatic carbocycles. The number of hydrogen-bond donors (Lipinski definition) is 3. The van der Waals surface area contributed by atoms with E-state index in [1.807, 2.05) is 25.1 Å². The summed E-state index contributed by atoms with van der Waals surface area (Å²) in [7, 11) is 0. The molecular formula is C28H29FN4O2. The van der Waals surface area contributed by atoms with Crippen molar-refractivity contribution in [2.75, 3.05) is 31.5 Å². The molecule has 1 saturated heterocycles. The second kappa shape index (κ2) is 9.88. The van der Waals surface area contributed by atoms with Gasteiger partial charge in [-0.3, -0.25) is 9.59 Å². The Morgan fingerprint density at radius 1 is 1.11 bits per heavy atom. The minimum absolute atomic E-state index is 0.0498. The van der Waals surface area contributed by atoms with E-state index in [1.165, 1.54) is 18.9 Å². The first-order valence-electron chi connectivity index (χ1n) is 12.1. The molecule has 0 unspecified atom stereocenters. The molecule has 6 nitrogen and oxygen atoms in total. The normalized spacial score (nSPS) is 16.5. The molecular weight excluding hydrogens is 443 g/mol. The number of benzene rings is 2. The average molecular weight is 473 g/mol. The lowest BCUT2D eigenvalue weighted by Crippen LogP contribution is -2.34. The predicted octanol–water partition coefficient (Wildman–Crippen LogP) is 4.38. The van der Waals surface area contributed by atoms with Crippen LogP contribution in [-0.2, 0) is 16.0 Å².